The van der Waals surface area contributed by atoms with Crippen LogP contribution < -0.4 is 0 Å². The van der Waals surface area contributed by atoms with Gasteiger partial charge in [0.1, 0.15) is 0 Å². The molecule has 70 valence electrons. The maximum Gasteiger partial charge on any atom is 0.339 e. The Hall–Kier alpha value is -1.10. The van der Waals surface area contributed by atoms with Gasteiger partial charge in [-0.05, 0) is 20.8 Å². The van der Waals surface area contributed by atoms with E-state index in [0.29, 0.717) is 5.71 Å². The zero-order chi connectivity index (χ0) is 9.78. The summed E-state index contributed by atoms with van der Waals surface area (Å²) >= 11 is 0. The van der Waals surface area contributed by atoms with Crippen LogP contribution in [-0.2, 0) is 9.63 Å². The van der Waals surface area contributed by atoms with Gasteiger partial charge in [0.2, 0.25) is 0 Å². The second kappa shape index (κ2) is 4.06. The van der Waals surface area contributed by atoms with Gasteiger partial charge in [-0.3, -0.25) is 0 Å². The van der Waals surface area contributed by atoms with Gasteiger partial charge >= 0.3 is 5.97 Å². The van der Waals surface area contributed by atoms with Gasteiger partial charge in [-0.2, -0.15) is 0 Å². The molecule has 0 rings (SSSR count). The van der Waals surface area contributed by atoms with Crippen molar-refractivity contribution in [1.29, 1.82) is 0 Å². The molecule has 0 spiro atoms. The van der Waals surface area contributed by atoms with E-state index in [-0.39, 0.29) is 6.61 Å². The molecule has 0 aliphatic carbocycles. The molecule has 0 fully saturated rings. The number of hydrogen-bond acceptors (Lipinski definition) is 4. The summed E-state index contributed by atoms with van der Waals surface area (Å²) in [5.74, 6) is -1.33. The van der Waals surface area contributed by atoms with Gasteiger partial charge in [0.15, 0.2) is 12.2 Å². The summed E-state index contributed by atoms with van der Waals surface area (Å²) in [7, 11) is 0. The van der Waals surface area contributed by atoms with E-state index in [4.69, 9.17) is 10.2 Å². The van der Waals surface area contributed by atoms with E-state index in [2.05, 4.69) is 9.99 Å². The van der Waals surface area contributed by atoms with E-state index in [1.807, 2.05) is 0 Å². The molecule has 0 amide bonds. The third-order valence-electron chi connectivity index (χ3n) is 1.05. The van der Waals surface area contributed by atoms with Crippen LogP contribution in [0.4, 0.5) is 0 Å². The molecule has 1 atom stereocenters. The summed E-state index contributed by atoms with van der Waals surface area (Å²) in [6.07, 6.45) is 0. The molecular weight excluding hydrogens is 162 g/mol. The van der Waals surface area contributed by atoms with Crippen LogP contribution in [0.5, 0.6) is 0 Å². The van der Waals surface area contributed by atoms with Crippen molar-refractivity contribution in [2.75, 3.05) is 6.61 Å². The molecule has 1 unspecified atom stereocenters. The molecule has 0 heterocycles. The minimum Gasteiger partial charge on any atom is -0.479 e. The summed E-state index contributed by atoms with van der Waals surface area (Å²) in [4.78, 5) is 14.9. The molecule has 12 heavy (non-hydrogen) atoms. The van der Waals surface area contributed by atoms with Gasteiger partial charge in [0.05, 0.1) is 5.71 Å². The van der Waals surface area contributed by atoms with Crippen molar-refractivity contribution in [3.8, 4) is 0 Å². The summed E-state index contributed by atoms with van der Waals surface area (Å²) in [6.45, 7) is 4.20. The highest BCUT2D eigenvalue weighted by Gasteiger charge is 2.31. The van der Waals surface area contributed by atoms with E-state index in [9.17, 15) is 4.79 Å². The number of aliphatic hydroxyl groups is 1. The van der Waals surface area contributed by atoms with Gasteiger partial charge in [-0.15, -0.1) is 0 Å². The monoisotopic (exact) mass is 175 g/mol. The first-order valence-corrected chi connectivity index (χ1v) is 3.45. The molecule has 0 aliphatic rings. The highest BCUT2D eigenvalue weighted by Crippen LogP contribution is 2.03. The standard InChI is InChI=1S/C7H13NO4/c1-5(2)8-12-4-7(3,11)6(9)10/h11H,4H2,1-3H3,(H,9,10). The SMILES string of the molecule is CC(C)=NOCC(C)(O)C(=O)O. The minimum absolute atomic E-state index is 0.354. The minimum atomic E-state index is -1.88. The zero-order valence-electron chi connectivity index (χ0n) is 7.37. The van der Waals surface area contributed by atoms with Crippen molar-refractivity contribution >= 4 is 11.7 Å². The third-order valence-corrected chi connectivity index (χ3v) is 1.05. The van der Waals surface area contributed by atoms with Crippen LogP contribution in [0.1, 0.15) is 20.8 Å². The Balaban J connectivity index is 3.93. The lowest BCUT2D eigenvalue weighted by molar-refractivity contribution is -0.162. The van der Waals surface area contributed by atoms with Crippen LogP contribution in [0.3, 0.4) is 0 Å². The third kappa shape index (κ3) is 3.92. The molecule has 5 nitrogen and oxygen atoms in total. The fourth-order valence-corrected chi connectivity index (χ4v) is 0.349. The molecule has 2 N–H and O–H groups in total. The van der Waals surface area contributed by atoms with E-state index in [1.165, 1.54) is 0 Å². The fraction of sp³-hybridized carbons (Fsp3) is 0.714. The molecule has 5 heteroatoms. The number of carbonyl (C=O) groups is 1. The Morgan fingerprint density at radius 3 is 2.42 bits per heavy atom. The number of carboxylic acid groups (broad SMARTS) is 1. The number of nitrogens with zero attached hydrogens (tertiary/aromatic N) is 1. The average molecular weight is 175 g/mol. The first-order valence-electron chi connectivity index (χ1n) is 3.45. The van der Waals surface area contributed by atoms with Crippen molar-refractivity contribution in [3.63, 3.8) is 0 Å². The Labute approximate surface area is 70.6 Å². The number of carboxylic acids is 1. The van der Waals surface area contributed by atoms with Crippen molar-refractivity contribution in [2.45, 2.75) is 26.4 Å². The predicted octanol–water partition coefficient (Wildman–Crippen LogP) is 0.234. The van der Waals surface area contributed by atoms with Gasteiger partial charge in [-0.1, -0.05) is 5.16 Å². The first-order chi connectivity index (χ1) is 5.36. The molecule has 0 saturated heterocycles. The zero-order valence-corrected chi connectivity index (χ0v) is 7.37. The number of hydrogen-bond donors (Lipinski definition) is 2. The van der Waals surface area contributed by atoms with Gasteiger partial charge < -0.3 is 15.1 Å². The van der Waals surface area contributed by atoms with Crippen molar-refractivity contribution < 1.29 is 19.8 Å². The first kappa shape index (κ1) is 10.9. The van der Waals surface area contributed by atoms with E-state index >= 15 is 0 Å². The Bertz CT molecular complexity index is 194. The summed E-state index contributed by atoms with van der Waals surface area (Å²) in [5.41, 5.74) is -1.21. The smallest absolute Gasteiger partial charge is 0.339 e. The molecule has 0 aromatic heterocycles. The largest absolute Gasteiger partial charge is 0.479 e. The quantitative estimate of drug-likeness (QED) is 0.473. The van der Waals surface area contributed by atoms with Crippen LogP contribution >= 0.6 is 0 Å². The predicted molar refractivity (Wildman–Crippen MR) is 43.0 cm³/mol. The Morgan fingerprint density at radius 1 is 1.58 bits per heavy atom. The van der Waals surface area contributed by atoms with E-state index < -0.39 is 11.6 Å². The normalized spacial score (nSPS) is 14.7. The van der Waals surface area contributed by atoms with Gasteiger partial charge in [0.25, 0.3) is 0 Å². The molecule has 0 aliphatic heterocycles. The lowest BCUT2D eigenvalue weighted by Gasteiger charge is -2.15. The lowest BCUT2D eigenvalue weighted by atomic mass is 10.1. The molecule has 0 saturated carbocycles. The summed E-state index contributed by atoms with van der Waals surface area (Å²) in [6, 6.07) is 0. The number of rotatable bonds is 4. The number of oxime groups is 1. The molecule has 0 aromatic rings. The van der Waals surface area contributed by atoms with Gasteiger partial charge in [0, 0.05) is 0 Å². The second-order valence-corrected chi connectivity index (χ2v) is 2.89. The highest BCUT2D eigenvalue weighted by atomic mass is 16.6. The van der Waals surface area contributed by atoms with Crippen molar-refractivity contribution in [2.24, 2.45) is 5.16 Å². The lowest BCUT2D eigenvalue weighted by Crippen LogP contribution is -2.39. The second-order valence-electron chi connectivity index (χ2n) is 2.89. The van der Waals surface area contributed by atoms with E-state index in [0.717, 1.165) is 6.92 Å². The van der Waals surface area contributed by atoms with Crippen LogP contribution in [0.25, 0.3) is 0 Å². The fourth-order valence-electron chi connectivity index (χ4n) is 0.349. The Morgan fingerprint density at radius 2 is 2.08 bits per heavy atom. The van der Waals surface area contributed by atoms with Crippen molar-refractivity contribution in [1.82, 2.24) is 0 Å². The van der Waals surface area contributed by atoms with Crippen LogP contribution in [0.15, 0.2) is 5.16 Å². The highest BCUT2D eigenvalue weighted by molar-refractivity contribution is 5.78. The topological polar surface area (TPSA) is 79.1 Å². The molecule has 0 aromatic carbocycles. The molecule has 0 bridgehead atoms. The van der Waals surface area contributed by atoms with E-state index in [1.54, 1.807) is 13.8 Å². The molecule has 0 radical (unpaired) electrons. The average Bonchev–Trinajstić information content (AvgIpc) is 1.85. The maximum absolute atomic E-state index is 10.3. The maximum atomic E-state index is 10.3. The summed E-state index contributed by atoms with van der Waals surface area (Å²) in [5, 5.41) is 21.0. The van der Waals surface area contributed by atoms with Crippen LogP contribution in [0.2, 0.25) is 0 Å². The van der Waals surface area contributed by atoms with Crippen molar-refractivity contribution in [3.05, 3.63) is 0 Å². The van der Waals surface area contributed by atoms with Crippen LogP contribution in [0, 0.1) is 0 Å². The number of aliphatic carboxylic acids is 1. The summed E-state index contributed by atoms with van der Waals surface area (Å²) < 4.78 is 0. The Kier molecular flexibility index (Phi) is 3.69. The van der Waals surface area contributed by atoms with Gasteiger partial charge in [-0.25, -0.2) is 4.79 Å². The van der Waals surface area contributed by atoms with Crippen LogP contribution in [-0.4, -0.2) is 34.1 Å². The molecular formula is C7H13NO4.